The molecule has 2 rings (SSSR count). The standard InChI is InChI=1S/C12H14F2N2O/c1-12(6-16-5-8(12)11(15)17)7-3-2-4-9(13)10(7)14/h2-4,8,16H,5-6H2,1H3,(H2,15,17). The van der Waals surface area contributed by atoms with E-state index < -0.39 is 28.9 Å². The van der Waals surface area contributed by atoms with Crippen molar-refractivity contribution in [3.05, 3.63) is 35.4 Å². The van der Waals surface area contributed by atoms with Crippen molar-refractivity contribution < 1.29 is 13.6 Å². The number of nitrogens with two attached hydrogens (primary N) is 1. The summed E-state index contributed by atoms with van der Waals surface area (Å²) in [5, 5.41) is 3.00. The Bertz CT molecular complexity index is 464. The highest BCUT2D eigenvalue weighted by Crippen LogP contribution is 2.36. The van der Waals surface area contributed by atoms with Crippen LogP contribution in [0.1, 0.15) is 12.5 Å². The summed E-state index contributed by atoms with van der Waals surface area (Å²) < 4.78 is 27.0. The first-order valence-corrected chi connectivity index (χ1v) is 5.41. The maximum Gasteiger partial charge on any atom is 0.222 e. The van der Waals surface area contributed by atoms with E-state index in [2.05, 4.69) is 5.32 Å². The lowest BCUT2D eigenvalue weighted by molar-refractivity contribution is -0.122. The van der Waals surface area contributed by atoms with Crippen molar-refractivity contribution in [2.75, 3.05) is 13.1 Å². The number of primary amides is 1. The molecule has 1 amide bonds. The largest absolute Gasteiger partial charge is 0.369 e. The van der Waals surface area contributed by atoms with Gasteiger partial charge in [0.2, 0.25) is 5.91 Å². The van der Waals surface area contributed by atoms with Crippen LogP contribution in [0.25, 0.3) is 0 Å². The van der Waals surface area contributed by atoms with Crippen LogP contribution in [0.4, 0.5) is 8.78 Å². The fourth-order valence-corrected chi connectivity index (χ4v) is 2.47. The van der Waals surface area contributed by atoms with E-state index in [1.54, 1.807) is 6.92 Å². The number of benzene rings is 1. The van der Waals surface area contributed by atoms with Crippen LogP contribution in [0.15, 0.2) is 18.2 Å². The summed E-state index contributed by atoms with van der Waals surface area (Å²) in [6, 6.07) is 4.00. The number of carbonyl (C=O) groups excluding carboxylic acids is 1. The van der Waals surface area contributed by atoms with Gasteiger partial charge in [-0.3, -0.25) is 4.79 Å². The summed E-state index contributed by atoms with van der Waals surface area (Å²) in [6.07, 6.45) is 0. The van der Waals surface area contributed by atoms with Gasteiger partial charge in [-0.2, -0.15) is 0 Å². The third-order valence-electron chi connectivity index (χ3n) is 3.52. The molecule has 1 aromatic carbocycles. The summed E-state index contributed by atoms with van der Waals surface area (Å²) in [6.45, 7) is 2.52. The van der Waals surface area contributed by atoms with Gasteiger partial charge in [0, 0.05) is 18.5 Å². The summed E-state index contributed by atoms with van der Waals surface area (Å²) in [5.41, 5.74) is 4.71. The Morgan fingerprint density at radius 3 is 2.88 bits per heavy atom. The average molecular weight is 240 g/mol. The number of amides is 1. The topological polar surface area (TPSA) is 55.1 Å². The maximum atomic E-state index is 13.8. The summed E-state index contributed by atoms with van der Waals surface area (Å²) in [7, 11) is 0. The molecule has 1 heterocycles. The molecule has 1 aromatic rings. The normalized spacial score (nSPS) is 28.3. The van der Waals surface area contributed by atoms with E-state index in [4.69, 9.17) is 5.73 Å². The molecule has 2 unspecified atom stereocenters. The quantitative estimate of drug-likeness (QED) is 0.808. The SMILES string of the molecule is CC1(c2cccc(F)c2F)CNCC1C(N)=O. The van der Waals surface area contributed by atoms with Gasteiger partial charge in [-0.05, 0) is 11.6 Å². The Morgan fingerprint density at radius 1 is 1.53 bits per heavy atom. The van der Waals surface area contributed by atoms with Crippen LogP contribution in [0.5, 0.6) is 0 Å². The molecule has 5 heteroatoms. The predicted molar refractivity (Wildman–Crippen MR) is 59.3 cm³/mol. The van der Waals surface area contributed by atoms with E-state index in [-0.39, 0.29) is 5.56 Å². The third kappa shape index (κ3) is 1.80. The minimum Gasteiger partial charge on any atom is -0.369 e. The lowest BCUT2D eigenvalue weighted by Crippen LogP contribution is -2.40. The molecule has 3 N–H and O–H groups in total. The van der Waals surface area contributed by atoms with Crippen LogP contribution in [0.3, 0.4) is 0 Å². The fourth-order valence-electron chi connectivity index (χ4n) is 2.47. The van der Waals surface area contributed by atoms with Gasteiger partial charge in [-0.15, -0.1) is 0 Å². The predicted octanol–water partition coefficient (Wildman–Crippen LogP) is 0.927. The molecular weight excluding hydrogens is 226 g/mol. The summed E-state index contributed by atoms with van der Waals surface area (Å²) >= 11 is 0. The number of rotatable bonds is 2. The molecule has 17 heavy (non-hydrogen) atoms. The Balaban J connectivity index is 2.50. The van der Waals surface area contributed by atoms with Crippen molar-refractivity contribution in [2.45, 2.75) is 12.3 Å². The van der Waals surface area contributed by atoms with Crippen molar-refractivity contribution in [1.29, 1.82) is 0 Å². The molecular formula is C12H14F2N2O. The highest BCUT2D eigenvalue weighted by atomic mass is 19.2. The molecule has 2 atom stereocenters. The maximum absolute atomic E-state index is 13.8. The summed E-state index contributed by atoms with van der Waals surface area (Å²) in [5.74, 6) is -2.83. The zero-order valence-corrected chi connectivity index (χ0v) is 9.47. The molecule has 1 aliphatic heterocycles. The molecule has 3 nitrogen and oxygen atoms in total. The fraction of sp³-hybridized carbons (Fsp3) is 0.417. The van der Waals surface area contributed by atoms with Crippen molar-refractivity contribution in [3.63, 3.8) is 0 Å². The van der Waals surface area contributed by atoms with Crippen molar-refractivity contribution in [3.8, 4) is 0 Å². The Morgan fingerprint density at radius 2 is 2.24 bits per heavy atom. The monoisotopic (exact) mass is 240 g/mol. The van der Waals surface area contributed by atoms with E-state index in [1.165, 1.54) is 12.1 Å². The van der Waals surface area contributed by atoms with Gasteiger partial charge in [-0.1, -0.05) is 19.1 Å². The number of carbonyl (C=O) groups is 1. The van der Waals surface area contributed by atoms with Gasteiger partial charge >= 0.3 is 0 Å². The smallest absolute Gasteiger partial charge is 0.222 e. The minimum absolute atomic E-state index is 0.200. The molecule has 1 aliphatic rings. The third-order valence-corrected chi connectivity index (χ3v) is 3.52. The number of nitrogens with one attached hydrogen (secondary N) is 1. The van der Waals surface area contributed by atoms with Crippen LogP contribution in [-0.2, 0) is 10.2 Å². The van der Waals surface area contributed by atoms with Crippen molar-refractivity contribution >= 4 is 5.91 Å². The molecule has 0 bridgehead atoms. The molecule has 0 aromatic heterocycles. The highest BCUT2D eigenvalue weighted by molar-refractivity contribution is 5.79. The zero-order valence-electron chi connectivity index (χ0n) is 9.47. The number of halogens is 2. The Hall–Kier alpha value is -1.49. The van der Waals surface area contributed by atoms with Gasteiger partial charge < -0.3 is 11.1 Å². The molecule has 1 fully saturated rings. The van der Waals surface area contributed by atoms with E-state index in [9.17, 15) is 13.6 Å². The zero-order chi connectivity index (χ0) is 12.6. The van der Waals surface area contributed by atoms with Gasteiger partial charge in [0.25, 0.3) is 0 Å². The second-order valence-corrected chi connectivity index (χ2v) is 4.60. The first-order chi connectivity index (χ1) is 7.97. The van der Waals surface area contributed by atoms with Crippen molar-refractivity contribution in [2.24, 2.45) is 11.7 Å². The van der Waals surface area contributed by atoms with E-state index >= 15 is 0 Å². The van der Waals surface area contributed by atoms with Crippen molar-refractivity contribution in [1.82, 2.24) is 5.32 Å². The molecule has 0 aliphatic carbocycles. The Kier molecular flexibility index (Phi) is 2.87. The lowest BCUT2D eigenvalue weighted by Gasteiger charge is -2.29. The van der Waals surface area contributed by atoms with Crippen LogP contribution in [0.2, 0.25) is 0 Å². The number of hydrogen-bond acceptors (Lipinski definition) is 2. The number of hydrogen-bond donors (Lipinski definition) is 2. The van der Waals surface area contributed by atoms with E-state index in [0.717, 1.165) is 6.07 Å². The first-order valence-electron chi connectivity index (χ1n) is 5.41. The van der Waals surface area contributed by atoms with Crippen LogP contribution < -0.4 is 11.1 Å². The van der Waals surface area contributed by atoms with E-state index in [0.29, 0.717) is 13.1 Å². The molecule has 92 valence electrons. The average Bonchev–Trinajstić information content (AvgIpc) is 2.65. The van der Waals surface area contributed by atoms with Gasteiger partial charge in [0.15, 0.2) is 11.6 Å². The second-order valence-electron chi connectivity index (χ2n) is 4.60. The van der Waals surface area contributed by atoms with Gasteiger partial charge in [0.1, 0.15) is 0 Å². The second kappa shape index (κ2) is 4.07. The summed E-state index contributed by atoms with van der Waals surface area (Å²) in [4.78, 5) is 11.4. The lowest BCUT2D eigenvalue weighted by atomic mass is 9.73. The van der Waals surface area contributed by atoms with Crippen LogP contribution in [-0.4, -0.2) is 19.0 Å². The Labute approximate surface area is 98.0 Å². The molecule has 0 saturated carbocycles. The highest BCUT2D eigenvalue weighted by Gasteiger charge is 2.45. The molecule has 0 spiro atoms. The minimum atomic E-state index is -0.904. The van der Waals surface area contributed by atoms with Crippen LogP contribution in [0, 0.1) is 17.6 Å². The van der Waals surface area contributed by atoms with E-state index in [1.807, 2.05) is 0 Å². The van der Waals surface area contributed by atoms with Crippen LogP contribution >= 0.6 is 0 Å². The molecule has 0 radical (unpaired) electrons. The van der Waals surface area contributed by atoms with Gasteiger partial charge in [0.05, 0.1) is 5.92 Å². The molecule has 1 saturated heterocycles. The van der Waals surface area contributed by atoms with Gasteiger partial charge in [-0.25, -0.2) is 8.78 Å². The first kappa shape index (κ1) is 12.0.